The zero-order chi connectivity index (χ0) is 16.3. The van der Waals surface area contributed by atoms with Crippen molar-refractivity contribution in [2.45, 2.75) is 6.54 Å². The second-order valence-corrected chi connectivity index (χ2v) is 6.56. The summed E-state index contributed by atoms with van der Waals surface area (Å²) >= 11 is 12.8. The SMILES string of the molecule is COc1c(Br)cc(CNc2ccc(C(=O)O)c(Cl)c2)cc1Br. The normalized spacial score (nSPS) is 10.4. The van der Waals surface area contributed by atoms with Gasteiger partial charge in [0.2, 0.25) is 0 Å². The van der Waals surface area contributed by atoms with Gasteiger partial charge >= 0.3 is 5.97 Å². The molecule has 2 aromatic rings. The van der Waals surface area contributed by atoms with Crippen LogP contribution in [-0.2, 0) is 6.54 Å². The molecule has 0 heterocycles. The second kappa shape index (κ2) is 7.35. The van der Waals surface area contributed by atoms with E-state index in [9.17, 15) is 4.79 Å². The van der Waals surface area contributed by atoms with Gasteiger partial charge in [-0.05, 0) is 67.8 Å². The number of hydrogen-bond acceptors (Lipinski definition) is 3. The third-order valence-corrected chi connectivity index (χ3v) is 4.45. The molecule has 116 valence electrons. The van der Waals surface area contributed by atoms with E-state index in [4.69, 9.17) is 21.4 Å². The highest BCUT2D eigenvalue weighted by Crippen LogP contribution is 2.34. The maximum atomic E-state index is 10.9. The lowest BCUT2D eigenvalue weighted by Crippen LogP contribution is -2.02. The van der Waals surface area contributed by atoms with Crippen LogP contribution in [-0.4, -0.2) is 18.2 Å². The number of carbonyl (C=O) groups is 1. The van der Waals surface area contributed by atoms with E-state index in [1.54, 1.807) is 19.2 Å². The average Bonchev–Trinajstić information content (AvgIpc) is 2.44. The predicted molar refractivity (Wildman–Crippen MR) is 94.1 cm³/mol. The lowest BCUT2D eigenvalue weighted by atomic mass is 10.2. The Morgan fingerprint density at radius 2 is 1.91 bits per heavy atom. The minimum atomic E-state index is -1.04. The highest BCUT2D eigenvalue weighted by atomic mass is 79.9. The molecule has 0 aliphatic heterocycles. The average molecular weight is 450 g/mol. The van der Waals surface area contributed by atoms with Crippen molar-refractivity contribution in [3.63, 3.8) is 0 Å². The van der Waals surface area contributed by atoms with Gasteiger partial charge in [0.1, 0.15) is 5.75 Å². The summed E-state index contributed by atoms with van der Waals surface area (Å²) in [5, 5.41) is 12.4. The monoisotopic (exact) mass is 447 g/mol. The molecule has 0 saturated carbocycles. The first-order valence-electron chi connectivity index (χ1n) is 6.21. The molecule has 0 radical (unpaired) electrons. The maximum absolute atomic E-state index is 10.9. The Bertz CT molecular complexity index is 699. The molecule has 0 aliphatic rings. The first-order valence-corrected chi connectivity index (χ1v) is 8.17. The van der Waals surface area contributed by atoms with Crippen LogP contribution in [0.2, 0.25) is 5.02 Å². The van der Waals surface area contributed by atoms with E-state index in [0.29, 0.717) is 6.54 Å². The molecular weight excluding hydrogens is 437 g/mol. The second-order valence-electron chi connectivity index (χ2n) is 4.45. The molecule has 4 nitrogen and oxygen atoms in total. The van der Waals surface area contributed by atoms with E-state index in [-0.39, 0.29) is 10.6 Å². The van der Waals surface area contributed by atoms with Gasteiger partial charge in [-0.25, -0.2) is 4.79 Å². The topological polar surface area (TPSA) is 58.6 Å². The number of halogens is 3. The summed E-state index contributed by atoms with van der Waals surface area (Å²) in [6, 6.07) is 8.65. The molecule has 2 N–H and O–H groups in total. The summed E-state index contributed by atoms with van der Waals surface area (Å²) in [6.45, 7) is 0.559. The highest BCUT2D eigenvalue weighted by Gasteiger charge is 2.10. The van der Waals surface area contributed by atoms with Crippen LogP contribution in [0.5, 0.6) is 5.75 Å². The van der Waals surface area contributed by atoms with Crippen LogP contribution in [0.3, 0.4) is 0 Å². The molecule has 2 rings (SSSR count). The maximum Gasteiger partial charge on any atom is 0.337 e. The molecule has 0 unspecified atom stereocenters. The molecule has 0 atom stereocenters. The van der Waals surface area contributed by atoms with Crippen molar-refractivity contribution in [2.24, 2.45) is 0 Å². The number of methoxy groups -OCH3 is 1. The first-order chi connectivity index (χ1) is 10.4. The Kier molecular flexibility index (Phi) is 5.72. The van der Waals surface area contributed by atoms with Crippen LogP contribution in [0.4, 0.5) is 5.69 Å². The van der Waals surface area contributed by atoms with Gasteiger partial charge in [-0.2, -0.15) is 0 Å². The molecule has 2 aromatic carbocycles. The molecule has 0 bridgehead atoms. The van der Waals surface area contributed by atoms with Gasteiger partial charge in [-0.15, -0.1) is 0 Å². The Morgan fingerprint density at radius 1 is 1.27 bits per heavy atom. The first kappa shape index (κ1) is 17.1. The number of ether oxygens (including phenoxy) is 1. The number of nitrogens with one attached hydrogen (secondary N) is 1. The summed E-state index contributed by atoms with van der Waals surface area (Å²) in [4.78, 5) is 10.9. The molecule has 7 heteroatoms. The van der Waals surface area contributed by atoms with Crippen molar-refractivity contribution in [1.29, 1.82) is 0 Å². The largest absolute Gasteiger partial charge is 0.494 e. The number of hydrogen-bond donors (Lipinski definition) is 2. The third kappa shape index (κ3) is 3.94. The summed E-state index contributed by atoms with van der Waals surface area (Å²) in [5.74, 6) is -0.308. The van der Waals surface area contributed by atoms with Crippen LogP contribution in [0.15, 0.2) is 39.3 Å². The smallest absolute Gasteiger partial charge is 0.337 e. The third-order valence-electron chi connectivity index (χ3n) is 2.96. The lowest BCUT2D eigenvalue weighted by molar-refractivity contribution is 0.0697. The predicted octanol–water partition coefficient (Wildman–Crippen LogP) is 5.18. The van der Waals surface area contributed by atoms with Crippen molar-refractivity contribution in [3.8, 4) is 5.75 Å². The Balaban J connectivity index is 2.13. The van der Waals surface area contributed by atoms with E-state index >= 15 is 0 Å². The minimum Gasteiger partial charge on any atom is -0.494 e. The highest BCUT2D eigenvalue weighted by molar-refractivity contribution is 9.11. The van der Waals surface area contributed by atoms with E-state index in [1.165, 1.54) is 6.07 Å². The molecular formula is C15H12Br2ClNO3. The van der Waals surface area contributed by atoms with Gasteiger partial charge in [0, 0.05) is 12.2 Å². The standard InChI is InChI=1S/C15H12Br2ClNO3/c1-22-14-11(16)4-8(5-12(14)17)7-19-9-2-3-10(15(20)21)13(18)6-9/h2-6,19H,7H2,1H3,(H,20,21). The van der Waals surface area contributed by atoms with E-state index in [1.807, 2.05) is 12.1 Å². The summed E-state index contributed by atoms with van der Waals surface area (Å²) < 4.78 is 6.95. The van der Waals surface area contributed by atoms with Crippen LogP contribution < -0.4 is 10.1 Å². The molecule has 0 aliphatic carbocycles. The molecule has 0 saturated heterocycles. The molecule has 0 aromatic heterocycles. The number of benzene rings is 2. The minimum absolute atomic E-state index is 0.0853. The Labute approximate surface area is 149 Å². The van der Waals surface area contributed by atoms with E-state index in [2.05, 4.69) is 37.2 Å². The van der Waals surface area contributed by atoms with Crippen molar-refractivity contribution in [1.82, 2.24) is 0 Å². The molecule has 22 heavy (non-hydrogen) atoms. The van der Waals surface area contributed by atoms with Crippen molar-refractivity contribution in [3.05, 3.63) is 55.4 Å². The van der Waals surface area contributed by atoms with E-state index in [0.717, 1.165) is 25.9 Å². The number of anilines is 1. The van der Waals surface area contributed by atoms with Gasteiger partial charge in [0.25, 0.3) is 0 Å². The van der Waals surface area contributed by atoms with Crippen molar-refractivity contribution >= 4 is 55.1 Å². The zero-order valence-electron chi connectivity index (χ0n) is 11.5. The molecule has 0 amide bonds. The Morgan fingerprint density at radius 3 is 2.41 bits per heavy atom. The van der Waals surface area contributed by atoms with Crippen LogP contribution in [0.25, 0.3) is 0 Å². The van der Waals surface area contributed by atoms with Crippen LogP contribution >= 0.6 is 43.5 Å². The summed E-state index contributed by atoms with van der Waals surface area (Å²) in [5.41, 5.74) is 1.86. The van der Waals surface area contributed by atoms with Crippen LogP contribution in [0, 0.1) is 0 Å². The molecule has 0 spiro atoms. The number of rotatable bonds is 5. The fourth-order valence-electron chi connectivity index (χ4n) is 1.91. The fraction of sp³-hybridized carbons (Fsp3) is 0.133. The zero-order valence-corrected chi connectivity index (χ0v) is 15.4. The van der Waals surface area contributed by atoms with Gasteiger partial charge in [0.05, 0.1) is 26.6 Å². The quantitative estimate of drug-likeness (QED) is 0.660. The van der Waals surface area contributed by atoms with Gasteiger partial charge in [-0.1, -0.05) is 11.6 Å². The lowest BCUT2D eigenvalue weighted by Gasteiger charge is -2.11. The number of carboxylic acid groups (broad SMARTS) is 1. The summed E-state index contributed by atoms with van der Waals surface area (Å²) in [6.07, 6.45) is 0. The van der Waals surface area contributed by atoms with Gasteiger partial charge in [0.15, 0.2) is 0 Å². The Hall–Kier alpha value is -1.24. The summed E-state index contributed by atoms with van der Waals surface area (Å²) in [7, 11) is 1.61. The van der Waals surface area contributed by atoms with Crippen LogP contribution in [0.1, 0.15) is 15.9 Å². The number of carboxylic acids is 1. The van der Waals surface area contributed by atoms with Gasteiger partial charge < -0.3 is 15.2 Å². The molecule has 0 fully saturated rings. The fourth-order valence-corrected chi connectivity index (χ4v) is 3.78. The van der Waals surface area contributed by atoms with Crippen molar-refractivity contribution in [2.75, 3.05) is 12.4 Å². The van der Waals surface area contributed by atoms with E-state index < -0.39 is 5.97 Å². The van der Waals surface area contributed by atoms with Crippen molar-refractivity contribution < 1.29 is 14.6 Å². The number of aromatic carboxylic acids is 1. The van der Waals surface area contributed by atoms with Gasteiger partial charge in [-0.3, -0.25) is 0 Å².